The molecule has 15 nitrogen and oxygen atoms in total. The highest BCUT2D eigenvalue weighted by atomic mass is 19.4. The van der Waals surface area contributed by atoms with E-state index in [1.54, 1.807) is 55.0 Å². The van der Waals surface area contributed by atoms with Gasteiger partial charge < -0.3 is 44.5 Å². The van der Waals surface area contributed by atoms with E-state index in [1.807, 2.05) is 32.6 Å². The molecule has 2 fully saturated rings. The number of carbonyl (C=O) groups excluding carboxylic acids is 4. The van der Waals surface area contributed by atoms with Crippen LogP contribution in [0, 0.1) is 11.7 Å². The van der Waals surface area contributed by atoms with Crippen LogP contribution < -0.4 is 20.3 Å². The quantitative estimate of drug-likeness (QED) is 0.132. The minimum absolute atomic E-state index is 0.0220. The van der Waals surface area contributed by atoms with Crippen LogP contribution in [-0.4, -0.2) is 106 Å². The predicted molar refractivity (Wildman–Crippen MR) is 225 cm³/mol. The molecular weight excluding hydrogens is 829 g/mol. The van der Waals surface area contributed by atoms with Crippen molar-refractivity contribution in [3.8, 4) is 28.1 Å². The molecule has 2 aliphatic rings. The number of likely N-dealkylation sites (tertiary alicyclic amines) is 1. The molecule has 4 heterocycles. The Balaban J connectivity index is 1.16. The molecule has 0 radical (unpaired) electrons. The number of benzene rings is 2. The highest BCUT2D eigenvalue weighted by molar-refractivity contribution is 6.04. The summed E-state index contributed by atoms with van der Waals surface area (Å²) in [6, 6.07) is 9.37. The van der Waals surface area contributed by atoms with Gasteiger partial charge in [0.1, 0.15) is 34.9 Å². The second kappa shape index (κ2) is 18.5. The topological polar surface area (TPSA) is 171 Å². The Bertz CT molecular complexity index is 2300. The maximum Gasteiger partial charge on any atom is 0.573 e. The van der Waals surface area contributed by atoms with Crippen molar-refractivity contribution in [2.75, 3.05) is 37.0 Å². The number of alkyl halides is 3. The number of ether oxygens (including phenoxy) is 3. The standard InChI is InChI=1S/C44H52F4N8O7/c1-24(2)37(53-41(59)61-8)40(58)54-17-9-10-34(54)38-50-21-33(51-38)28-13-11-27(12-14-28)30-18-31(45)32(19-35(30)62-44(46,47)48)52-39(57)29-15-16-36(49-20-29)55-22-26(4)56(23-25(55)3)42(60)63-43(5,6)7/h11-16,18-21,24-26,34,37H,9-10,17,22-23H2,1-8H3,(H,50,51)(H,52,57)(H,53,59)/t25-,26-,34?,37?/m1/s1. The Kier molecular flexibility index (Phi) is 13.6. The summed E-state index contributed by atoms with van der Waals surface area (Å²) in [5, 5.41) is 4.95. The van der Waals surface area contributed by atoms with Crippen molar-refractivity contribution in [2.24, 2.45) is 5.92 Å². The lowest BCUT2D eigenvalue weighted by Gasteiger charge is -2.44. The molecule has 3 N–H and O–H groups in total. The zero-order valence-corrected chi connectivity index (χ0v) is 36.3. The average Bonchev–Trinajstić information content (AvgIpc) is 3.91. The van der Waals surface area contributed by atoms with Crippen molar-refractivity contribution in [2.45, 2.75) is 97.4 Å². The third kappa shape index (κ3) is 11.0. The molecule has 2 aromatic heterocycles. The SMILES string of the molecule is COC(=O)NC(C(=O)N1CCCC1c1ncc(-c2ccc(-c3cc(F)c(NC(=O)c4ccc(N5C[C@@H](C)N(C(=O)OC(C)(C)C)C[C@H]5C)nc4)cc3OC(F)(F)F)cc2)[nH]1)C(C)C. The number of alkyl carbamates (subject to hydrolysis) is 1. The van der Waals surface area contributed by atoms with Gasteiger partial charge >= 0.3 is 18.5 Å². The smallest absolute Gasteiger partial charge is 0.453 e. The Morgan fingerprint density at radius 3 is 2.22 bits per heavy atom. The molecule has 338 valence electrons. The van der Waals surface area contributed by atoms with E-state index in [-0.39, 0.29) is 40.6 Å². The first-order valence-corrected chi connectivity index (χ1v) is 20.6. The summed E-state index contributed by atoms with van der Waals surface area (Å²) in [6.45, 7) is 14.1. The minimum atomic E-state index is -5.15. The largest absolute Gasteiger partial charge is 0.573 e. The van der Waals surface area contributed by atoms with Crippen LogP contribution in [0.1, 0.15) is 83.5 Å². The van der Waals surface area contributed by atoms with Crippen molar-refractivity contribution < 1.29 is 51.0 Å². The van der Waals surface area contributed by atoms with E-state index in [1.165, 1.54) is 31.5 Å². The summed E-state index contributed by atoms with van der Waals surface area (Å²) in [4.78, 5) is 69.0. The number of H-pyrrole nitrogens is 1. The number of piperazine rings is 1. The van der Waals surface area contributed by atoms with E-state index in [4.69, 9.17) is 9.47 Å². The van der Waals surface area contributed by atoms with Gasteiger partial charge in [-0.2, -0.15) is 0 Å². The van der Waals surface area contributed by atoms with Crippen LogP contribution >= 0.6 is 0 Å². The predicted octanol–water partition coefficient (Wildman–Crippen LogP) is 8.31. The summed E-state index contributed by atoms with van der Waals surface area (Å²) in [7, 11) is 1.22. The van der Waals surface area contributed by atoms with Crippen molar-refractivity contribution in [3.63, 3.8) is 0 Å². The average molecular weight is 881 g/mol. The molecule has 2 saturated heterocycles. The summed E-state index contributed by atoms with van der Waals surface area (Å²) in [5.41, 5.74) is -0.0338. The number of halogens is 4. The van der Waals surface area contributed by atoms with Gasteiger partial charge in [-0.3, -0.25) is 9.59 Å². The lowest BCUT2D eigenvalue weighted by molar-refractivity contribution is -0.274. The van der Waals surface area contributed by atoms with Gasteiger partial charge in [0.25, 0.3) is 5.91 Å². The number of aromatic nitrogens is 3. The molecule has 4 aromatic rings. The van der Waals surface area contributed by atoms with Crippen molar-refractivity contribution in [1.29, 1.82) is 0 Å². The van der Waals surface area contributed by atoms with Crippen molar-refractivity contribution in [1.82, 2.24) is 30.1 Å². The summed E-state index contributed by atoms with van der Waals surface area (Å²) < 4.78 is 71.4. The molecule has 0 saturated carbocycles. The number of hydrogen-bond donors (Lipinski definition) is 3. The second-order valence-electron chi connectivity index (χ2n) is 17.0. The second-order valence-corrected chi connectivity index (χ2v) is 17.0. The zero-order valence-electron chi connectivity index (χ0n) is 36.3. The number of imidazole rings is 1. The molecule has 19 heteroatoms. The van der Waals surface area contributed by atoms with Crippen LogP contribution in [0.15, 0.2) is 60.9 Å². The van der Waals surface area contributed by atoms with Gasteiger partial charge in [-0.15, -0.1) is 13.2 Å². The third-order valence-corrected chi connectivity index (χ3v) is 10.8. The first kappa shape index (κ1) is 46.1. The molecule has 6 rings (SSSR count). The van der Waals surface area contributed by atoms with Crippen molar-refractivity contribution >= 4 is 35.5 Å². The van der Waals surface area contributed by atoms with Gasteiger partial charge in [0.2, 0.25) is 5.91 Å². The Morgan fingerprint density at radius 1 is 0.905 bits per heavy atom. The fourth-order valence-electron chi connectivity index (χ4n) is 7.66. The van der Waals surface area contributed by atoms with Crippen LogP contribution in [0.5, 0.6) is 5.75 Å². The van der Waals surface area contributed by atoms with Crippen LogP contribution in [0.4, 0.5) is 38.7 Å². The summed E-state index contributed by atoms with van der Waals surface area (Å²) >= 11 is 0. The van der Waals surface area contributed by atoms with Gasteiger partial charge in [0.05, 0.1) is 36.3 Å². The number of hydrogen-bond acceptors (Lipinski definition) is 10. The van der Waals surface area contributed by atoms with Gasteiger partial charge in [0.15, 0.2) is 0 Å². The number of carbonyl (C=O) groups is 4. The third-order valence-electron chi connectivity index (χ3n) is 10.8. The van der Waals surface area contributed by atoms with E-state index < -0.39 is 59.4 Å². The first-order chi connectivity index (χ1) is 29.6. The summed E-state index contributed by atoms with van der Waals surface area (Å²) in [6.07, 6.45) is -2.07. The lowest BCUT2D eigenvalue weighted by Crippen LogP contribution is -2.59. The number of nitrogens with one attached hydrogen (secondary N) is 3. The zero-order chi connectivity index (χ0) is 46.0. The maximum absolute atomic E-state index is 15.7. The summed E-state index contributed by atoms with van der Waals surface area (Å²) in [5.74, 6) is -2.00. The number of pyridine rings is 1. The fourth-order valence-corrected chi connectivity index (χ4v) is 7.66. The molecule has 2 aliphatic heterocycles. The van der Waals surface area contributed by atoms with Crippen LogP contribution in [0.2, 0.25) is 0 Å². The van der Waals surface area contributed by atoms with Crippen LogP contribution in [-0.2, 0) is 14.3 Å². The van der Waals surface area contributed by atoms with Gasteiger partial charge in [0, 0.05) is 49.5 Å². The highest BCUT2D eigenvalue weighted by Crippen LogP contribution is 2.39. The number of amides is 4. The van der Waals surface area contributed by atoms with Crippen LogP contribution in [0.25, 0.3) is 22.4 Å². The van der Waals surface area contributed by atoms with E-state index >= 15 is 4.39 Å². The monoisotopic (exact) mass is 880 g/mol. The van der Waals surface area contributed by atoms with E-state index in [9.17, 15) is 32.3 Å². The maximum atomic E-state index is 15.7. The van der Waals surface area contributed by atoms with Crippen molar-refractivity contribution in [3.05, 3.63) is 78.1 Å². The number of methoxy groups -OCH3 is 1. The van der Waals surface area contributed by atoms with E-state index in [0.29, 0.717) is 55.4 Å². The minimum Gasteiger partial charge on any atom is -0.453 e. The van der Waals surface area contributed by atoms with E-state index in [2.05, 4.69) is 30.3 Å². The van der Waals surface area contributed by atoms with E-state index in [0.717, 1.165) is 12.1 Å². The van der Waals surface area contributed by atoms with Gasteiger partial charge in [-0.05, 0) is 82.7 Å². The van der Waals surface area contributed by atoms with Gasteiger partial charge in [-0.25, -0.2) is 23.9 Å². The Labute approximate surface area is 362 Å². The fraction of sp³-hybridized carbons (Fsp3) is 0.455. The Hall–Kier alpha value is -6.40. The number of nitrogens with zero attached hydrogens (tertiary/aromatic N) is 5. The van der Waals surface area contributed by atoms with Gasteiger partial charge in [-0.1, -0.05) is 38.1 Å². The molecule has 4 amide bonds. The molecular formula is C44H52F4N8O7. The Morgan fingerprint density at radius 2 is 1.60 bits per heavy atom. The highest BCUT2D eigenvalue weighted by Gasteiger charge is 2.38. The normalized spacial score (nSPS) is 18.6. The molecule has 0 aliphatic carbocycles. The molecule has 0 bridgehead atoms. The molecule has 2 unspecified atom stereocenters. The molecule has 2 aromatic carbocycles. The lowest BCUT2D eigenvalue weighted by atomic mass is 10.0. The molecule has 63 heavy (non-hydrogen) atoms. The first-order valence-electron chi connectivity index (χ1n) is 20.6. The van der Waals surface area contributed by atoms with Crippen LogP contribution in [0.3, 0.4) is 0 Å². The molecule has 0 spiro atoms. The number of rotatable bonds is 10. The number of anilines is 2. The molecule has 4 atom stereocenters. The number of aromatic amines is 1.